The summed E-state index contributed by atoms with van der Waals surface area (Å²) in [5.41, 5.74) is 0. The molecule has 86 valence electrons. The molecule has 0 bridgehead atoms. The Bertz CT molecular complexity index is 370. The highest BCUT2D eigenvalue weighted by atomic mass is 35.5. The molecule has 0 spiro atoms. The molecule has 1 nitrogen and oxygen atoms in total. The van der Waals surface area contributed by atoms with Crippen LogP contribution in [0.2, 0.25) is 5.02 Å². The van der Waals surface area contributed by atoms with Gasteiger partial charge in [-0.15, -0.1) is 11.8 Å². The SMILES string of the molecule is CC(=O)C=CCC(C)Sc1ccc(Cl)cc1. The van der Waals surface area contributed by atoms with Gasteiger partial charge >= 0.3 is 0 Å². The first-order valence-corrected chi connectivity index (χ1v) is 6.43. The summed E-state index contributed by atoms with van der Waals surface area (Å²) in [6.07, 6.45) is 4.45. The lowest BCUT2D eigenvalue weighted by Gasteiger charge is -2.08. The van der Waals surface area contributed by atoms with E-state index in [-0.39, 0.29) is 5.78 Å². The average Bonchev–Trinajstić information content (AvgIpc) is 2.21. The van der Waals surface area contributed by atoms with Crippen LogP contribution in [0.4, 0.5) is 0 Å². The minimum absolute atomic E-state index is 0.101. The van der Waals surface area contributed by atoms with Crippen LogP contribution in [-0.4, -0.2) is 11.0 Å². The molecule has 0 radical (unpaired) electrons. The van der Waals surface area contributed by atoms with E-state index in [0.29, 0.717) is 5.25 Å². The van der Waals surface area contributed by atoms with Crippen LogP contribution in [0.1, 0.15) is 20.3 Å². The van der Waals surface area contributed by atoms with E-state index in [1.807, 2.05) is 30.3 Å². The number of hydrogen-bond donors (Lipinski definition) is 0. The Balaban J connectivity index is 2.42. The maximum absolute atomic E-state index is 10.7. The number of ketones is 1. The van der Waals surface area contributed by atoms with Gasteiger partial charge in [-0.05, 0) is 43.7 Å². The Kier molecular flexibility index (Phi) is 5.64. The lowest BCUT2D eigenvalue weighted by molar-refractivity contribution is -0.112. The topological polar surface area (TPSA) is 17.1 Å². The Labute approximate surface area is 106 Å². The Morgan fingerprint density at radius 1 is 1.44 bits per heavy atom. The van der Waals surface area contributed by atoms with Gasteiger partial charge < -0.3 is 0 Å². The molecular weight excluding hydrogens is 240 g/mol. The van der Waals surface area contributed by atoms with Crippen LogP contribution in [0, 0.1) is 0 Å². The molecular formula is C13H15ClOS. The first-order chi connectivity index (χ1) is 7.58. The largest absolute Gasteiger partial charge is 0.295 e. The fraction of sp³-hybridized carbons (Fsp3) is 0.308. The van der Waals surface area contributed by atoms with Crippen molar-refractivity contribution in [1.29, 1.82) is 0 Å². The average molecular weight is 255 g/mol. The summed E-state index contributed by atoms with van der Waals surface area (Å²) >= 11 is 7.59. The molecule has 1 aromatic carbocycles. The van der Waals surface area contributed by atoms with Crippen molar-refractivity contribution in [3.8, 4) is 0 Å². The molecule has 1 aromatic rings. The maximum Gasteiger partial charge on any atom is 0.152 e. The van der Waals surface area contributed by atoms with Crippen LogP contribution >= 0.6 is 23.4 Å². The number of hydrogen-bond acceptors (Lipinski definition) is 2. The van der Waals surface area contributed by atoms with Crippen molar-refractivity contribution in [2.45, 2.75) is 30.4 Å². The van der Waals surface area contributed by atoms with Gasteiger partial charge in [0.15, 0.2) is 5.78 Å². The predicted molar refractivity (Wildman–Crippen MR) is 71.2 cm³/mol. The van der Waals surface area contributed by atoms with Gasteiger partial charge in [-0.25, -0.2) is 0 Å². The molecule has 1 atom stereocenters. The van der Waals surface area contributed by atoms with Gasteiger partial charge in [0.1, 0.15) is 0 Å². The van der Waals surface area contributed by atoms with E-state index < -0.39 is 0 Å². The smallest absolute Gasteiger partial charge is 0.152 e. The summed E-state index contributed by atoms with van der Waals surface area (Å²) in [6, 6.07) is 7.81. The van der Waals surface area contributed by atoms with E-state index in [4.69, 9.17) is 11.6 Å². The van der Waals surface area contributed by atoms with Crippen LogP contribution in [0.15, 0.2) is 41.3 Å². The summed E-state index contributed by atoms with van der Waals surface area (Å²) in [7, 11) is 0. The highest BCUT2D eigenvalue weighted by Crippen LogP contribution is 2.26. The molecule has 16 heavy (non-hydrogen) atoms. The second-order valence-corrected chi connectivity index (χ2v) is 5.58. The van der Waals surface area contributed by atoms with Crippen molar-refractivity contribution in [2.24, 2.45) is 0 Å². The monoisotopic (exact) mass is 254 g/mol. The lowest BCUT2D eigenvalue weighted by atomic mass is 10.3. The third kappa shape index (κ3) is 5.38. The van der Waals surface area contributed by atoms with Gasteiger partial charge in [0.2, 0.25) is 0 Å². The van der Waals surface area contributed by atoms with Crippen LogP contribution < -0.4 is 0 Å². The van der Waals surface area contributed by atoms with Gasteiger partial charge in [0.25, 0.3) is 0 Å². The number of carbonyl (C=O) groups excluding carboxylic acids is 1. The van der Waals surface area contributed by atoms with Crippen molar-refractivity contribution in [2.75, 3.05) is 0 Å². The number of benzene rings is 1. The number of thioether (sulfide) groups is 1. The highest BCUT2D eigenvalue weighted by molar-refractivity contribution is 7.99. The zero-order chi connectivity index (χ0) is 12.0. The molecule has 0 N–H and O–H groups in total. The third-order valence-electron chi connectivity index (χ3n) is 1.97. The van der Waals surface area contributed by atoms with Crippen LogP contribution in [0.5, 0.6) is 0 Å². The van der Waals surface area contributed by atoms with Crippen molar-refractivity contribution in [1.82, 2.24) is 0 Å². The standard InChI is InChI=1S/C13H15ClOS/c1-10(15)4-3-5-11(2)16-13-8-6-12(14)7-9-13/h3-4,6-9,11H,5H2,1-2H3. The molecule has 0 heterocycles. The fourth-order valence-corrected chi connectivity index (χ4v) is 2.31. The second kappa shape index (κ2) is 6.77. The summed E-state index contributed by atoms with van der Waals surface area (Å²) < 4.78 is 0. The van der Waals surface area contributed by atoms with Crippen molar-refractivity contribution >= 4 is 29.1 Å². The Morgan fingerprint density at radius 2 is 2.06 bits per heavy atom. The van der Waals surface area contributed by atoms with E-state index in [1.54, 1.807) is 24.8 Å². The molecule has 0 aliphatic rings. The molecule has 1 unspecified atom stereocenters. The van der Waals surface area contributed by atoms with Crippen molar-refractivity contribution in [3.63, 3.8) is 0 Å². The highest BCUT2D eigenvalue weighted by Gasteiger charge is 2.02. The number of halogens is 1. The summed E-state index contributed by atoms with van der Waals surface area (Å²) in [6.45, 7) is 3.71. The molecule has 0 aliphatic carbocycles. The van der Waals surface area contributed by atoms with Gasteiger partial charge in [0, 0.05) is 15.2 Å². The molecule has 0 saturated heterocycles. The third-order valence-corrected chi connectivity index (χ3v) is 3.36. The van der Waals surface area contributed by atoms with Crippen LogP contribution in [-0.2, 0) is 4.79 Å². The van der Waals surface area contributed by atoms with Crippen LogP contribution in [0.3, 0.4) is 0 Å². The minimum atomic E-state index is 0.101. The van der Waals surface area contributed by atoms with Crippen LogP contribution in [0.25, 0.3) is 0 Å². The molecule has 1 rings (SSSR count). The summed E-state index contributed by atoms with van der Waals surface area (Å²) in [5.74, 6) is 0.101. The maximum atomic E-state index is 10.7. The first kappa shape index (κ1) is 13.3. The zero-order valence-corrected chi connectivity index (χ0v) is 11.0. The molecule has 0 saturated carbocycles. The fourth-order valence-electron chi connectivity index (χ4n) is 1.22. The predicted octanol–water partition coefficient (Wildman–Crippen LogP) is 4.36. The number of allylic oxidation sites excluding steroid dienone is 2. The quantitative estimate of drug-likeness (QED) is 0.574. The van der Waals surface area contributed by atoms with Gasteiger partial charge in [-0.1, -0.05) is 24.6 Å². The number of carbonyl (C=O) groups is 1. The normalized spacial score (nSPS) is 12.9. The van der Waals surface area contributed by atoms with E-state index in [0.717, 1.165) is 11.4 Å². The van der Waals surface area contributed by atoms with E-state index in [1.165, 1.54) is 4.90 Å². The van der Waals surface area contributed by atoms with Crippen molar-refractivity contribution in [3.05, 3.63) is 41.4 Å². The molecule has 0 amide bonds. The van der Waals surface area contributed by atoms with E-state index in [2.05, 4.69) is 6.92 Å². The van der Waals surface area contributed by atoms with E-state index >= 15 is 0 Å². The zero-order valence-electron chi connectivity index (χ0n) is 9.44. The summed E-state index contributed by atoms with van der Waals surface area (Å²) in [4.78, 5) is 11.9. The second-order valence-electron chi connectivity index (χ2n) is 3.63. The van der Waals surface area contributed by atoms with Gasteiger partial charge in [0.05, 0.1) is 0 Å². The molecule has 0 aromatic heterocycles. The number of rotatable bonds is 5. The Morgan fingerprint density at radius 3 is 2.62 bits per heavy atom. The Hall–Kier alpha value is -0.730. The molecule has 0 fully saturated rings. The summed E-state index contributed by atoms with van der Waals surface area (Å²) in [5, 5.41) is 1.21. The van der Waals surface area contributed by atoms with Gasteiger partial charge in [-0.2, -0.15) is 0 Å². The first-order valence-electron chi connectivity index (χ1n) is 5.17. The van der Waals surface area contributed by atoms with E-state index in [9.17, 15) is 4.79 Å². The molecule has 3 heteroatoms. The van der Waals surface area contributed by atoms with Gasteiger partial charge in [-0.3, -0.25) is 4.79 Å². The van der Waals surface area contributed by atoms with Crippen molar-refractivity contribution < 1.29 is 4.79 Å². The lowest BCUT2D eigenvalue weighted by Crippen LogP contribution is -1.93. The minimum Gasteiger partial charge on any atom is -0.295 e. The molecule has 0 aliphatic heterocycles.